The van der Waals surface area contributed by atoms with Gasteiger partial charge in [-0.15, -0.1) is 0 Å². The van der Waals surface area contributed by atoms with Crippen LogP contribution in [0, 0.1) is 0 Å². The van der Waals surface area contributed by atoms with Crippen molar-refractivity contribution in [2.45, 2.75) is 217 Å². The summed E-state index contributed by atoms with van der Waals surface area (Å²) in [4.78, 5) is 35.2. The standard InChI is InChI=1S/C38H73O13P/c1-3-5-7-9-10-11-12-13-14-15-16-17-18-19-20-21-23-25-27-32(40)50-30(28-48-31(39)26-24-22-8-6-4-2)29-49-52(46,47)51-38-36(44)34(42)33(41)35(43)37(38)45/h30,33-38,41-45H,3-29H2,1-2H3,(H,46,47). The Morgan fingerprint density at radius 2 is 0.865 bits per heavy atom. The smallest absolute Gasteiger partial charge is 0.462 e. The van der Waals surface area contributed by atoms with Gasteiger partial charge in [-0.1, -0.05) is 149 Å². The van der Waals surface area contributed by atoms with Gasteiger partial charge in [0, 0.05) is 12.8 Å². The third-order valence-corrected chi connectivity index (χ3v) is 10.7. The van der Waals surface area contributed by atoms with Crippen molar-refractivity contribution < 1.29 is 63.1 Å². The van der Waals surface area contributed by atoms with Gasteiger partial charge in [-0.05, 0) is 12.8 Å². The van der Waals surface area contributed by atoms with Crippen molar-refractivity contribution in [2.24, 2.45) is 0 Å². The number of aliphatic hydroxyl groups is 5. The summed E-state index contributed by atoms with van der Waals surface area (Å²) in [5.41, 5.74) is 0. The van der Waals surface area contributed by atoms with Crippen molar-refractivity contribution in [1.82, 2.24) is 0 Å². The second-order valence-corrected chi connectivity index (χ2v) is 15.9. The molecule has 1 aliphatic carbocycles. The van der Waals surface area contributed by atoms with Crippen LogP contribution < -0.4 is 0 Å². The minimum absolute atomic E-state index is 0.104. The van der Waals surface area contributed by atoms with Gasteiger partial charge < -0.3 is 39.9 Å². The third-order valence-electron chi connectivity index (χ3n) is 9.70. The molecule has 6 atom stereocenters. The highest BCUT2D eigenvalue weighted by molar-refractivity contribution is 7.47. The lowest BCUT2D eigenvalue weighted by molar-refractivity contribution is -0.220. The lowest BCUT2D eigenvalue weighted by Crippen LogP contribution is -2.64. The summed E-state index contributed by atoms with van der Waals surface area (Å²) in [5, 5.41) is 49.8. The first-order valence-corrected chi connectivity index (χ1v) is 21.8. The molecular weight excluding hydrogens is 695 g/mol. The number of ether oxygens (including phenoxy) is 2. The van der Waals surface area contributed by atoms with Gasteiger partial charge in [0.25, 0.3) is 0 Å². The fourth-order valence-electron chi connectivity index (χ4n) is 6.35. The lowest BCUT2D eigenvalue weighted by atomic mass is 9.85. The van der Waals surface area contributed by atoms with Crippen molar-refractivity contribution in [3.8, 4) is 0 Å². The number of carbonyl (C=O) groups excluding carboxylic acids is 2. The molecule has 0 aromatic heterocycles. The Hall–Kier alpha value is -1.15. The zero-order valence-corrected chi connectivity index (χ0v) is 33.0. The van der Waals surface area contributed by atoms with Crippen LogP contribution in [0.25, 0.3) is 0 Å². The van der Waals surface area contributed by atoms with E-state index in [9.17, 15) is 44.6 Å². The normalized spacial score (nSPS) is 23.6. The maximum Gasteiger partial charge on any atom is 0.472 e. The second kappa shape index (κ2) is 30.1. The molecule has 308 valence electrons. The quantitative estimate of drug-likeness (QED) is 0.0238. The van der Waals surface area contributed by atoms with E-state index in [2.05, 4.69) is 13.8 Å². The first-order chi connectivity index (χ1) is 24.9. The molecule has 0 aromatic carbocycles. The lowest BCUT2D eigenvalue weighted by Gasteiger charge is -2.41. The number of phosphoric acid groups is 1. The van der Waals surface area contributed by atoms with Gasteiger partial charge in [-0.25, -0.2) is 4.57 Å². The first-order valence-electron chi connectivity index (χ1n) is 20.3. The average Bonchev–Trinajstić information content (AvgIpc) is 3.12. The van der Waals surface area contributed by atoms with Gasteiger partial charge in [0.05, 0.1) is 6.61 Å². The highest BCUT2D eigenvalue weighted by Gasteiger charge is 2.51. The number of carbonyl (C=O) groups is 2. The molecule has 14 heteroatoms. The van der Waals surface area contributed by atoms with Gasteiger partial charge in [0.15, 0.2) is 6.10 Å². The summed E-state index contributed by atoms with van der Waals surface area (Å²) in [6.07, 6.45) is 13.8. The summed E-state index contributed by atoms with van der Waals surface area (Å²) in [5.74, 6) is -1.10. The number of esters is 2. The zero-order valence-electron chi connectivity index (χ0n) is 32.1. The number of hydrogen-bond acceptors (Lipinski definition) is 12. The molecule has 0 spiro atoms. The van der Waals surface area contributed by atoms with E-state index in [4.69, 9.17) is 18.5 Å². The molecule has 52 heavy (non-hydrogen) atoms. The average molecular weight is 769 g/mol. The molecule has 0 bridgehead atoms. The molecule has 1 rings (SSSR count). The molecular formula is C38H73O13P. The van der Waals surface area contributed by atoms with Crippen molar-refractivity contribution in [2.75, 3.05) is 13.2 Å². The Labute approximate surface area is 312 Å². The minimum Gasteiger partial charge on any atom is -0.462 e. The Morgan fingerprint density at radius 1 is 0.519 bits per heavy atom. The van der Waals surface area contributed by atoms with Gasteiger partial charge in [0.1, 0.15) is 43.2 Å². The van der Waals surface area contributed by atoms with Crippen LogP contribution in [0.3, 0.4) is 0 Å². The molecule has 6 unspecified atom stereocenters. The fraction of sp³-hybridized carbons (Fsp3) is 0.947. The summed E-state index contributed by atoms with van der Waals surface area (Å²) >= 11 is 0. The Bertz CT molecular complexity index is 938. The predicted octanol–water partition coefficient (Wildman–Crippen LogP) is 6.55. The first kappa shape index (κ1) is 48.9. The summed E-state index contributed by atoms with van der Waals surface area (Å²) in [6, 6.07) is 0. The van der Waals surface area contributed by atoms with Gasteiger partial charge >= 0.3 is 19.8 Å². The molecule has 1 fully saturated rings. The highest BCUT2D eigenvalue weighted by Crippen LogP contribution is 2.47. The van der Waals surface area contributed by atoms with E-state index in [0.717, 1.165) is 44.9 Å². The number of aliphatic hydroxyl groups excluding tert-OH is 5. The van der Waals surface area contributed by atoms with Crippen molar-refractivity contribution in [3.05, 3.63) is 0 Å². The van der Waals surface area contributed by atoms with E-state index >= 15 is 0 Å². The number of phosphoric ester groups is 1. The Balaban J connectivity index is 2.39. The van der Waals surface area contributed by atoms with E-state index in [-0.39, 0.29) is 12.8 Å². The van der Waals surface area contributed by atoms with Gasteiger partial charge in [-0.2, -0.15) is 0 Å². The highest BCUT2D eigenvalue weighted by atomic mass is 31.2. The van der Waals surface area contributed by atoms with E-state index in [1.165, 1.54) is 89.9 Å². The van der Waals surface area contributed by atoms with E-state index in [0.29, 0.717) is 12.8 Å². The molecule has 0 heterocycles. The molecule has 1 aliphatic rings. The fourth-order valence-corrected chi connectivity index (χ4v) is 7.32. The molecule has 0 aromatic rings. The van der Waals surface area contributed by atoms with Crippen LogP contribution in [0.15, 0.2) is 0 Å². The van der Waals surface area contributed by atoms with Crippen molar-refractivity contribution in [1.29, 1.82) is 0 Å². The Kier molecular flexibility index (Phi) is 28.3. The summed E-state index contributed by atoms with van der Waals surface area (Å²) < 4.78 is 33.2. The van der Waals surface area contributed by atoms with Crippen LogP contribution in [0.2, 0.25) is 0 Å². The van der Waals surface area contributed by atoms with Crippen molar-refractivity contribution in [3.63, 3.8) is 0 Å². The molecule has 0 saturated heterocycles. The number of hydrogen-bond donors (Lipinski definition) is 6. The molecule has 6 N–H and O–H groups in total. The number of unbranched alkanes of at least 4 members (excludes halogenated alkanes) is 21. The SMILES string of the molecule is CCCCCCCCCCCCCCCCCCCCC(=O)OC(COC(=O)CCCCCCC)COP(=O)(O)OC1C(O)C(O)C(O)C(O)C1O. The van der Waals surface area contributed by atoms with Crippen LogP contribution >= 0.6 is 7.82 Å². The molecule has 13 nitrogen and oxygen atoms in total. The Morgan fingerprint density at radius 3 is 1.27 bits per heavy atom. The number of rotatable bonds is 33. The summed E-state index contributed by atoms with van der Waals surface area (Å²) in [7, 11) is -5.09. The van der Waals surface area contributed by atoms with Gasteiger partial charge in [0.2, 0.25) is 0 Å². The summed E-state index contributed by atoms with van der Waals surface area (Å²) in [6.45, 7) is 3.18. The molecule has 0 aliphatic heterocycles. The molecule has 0 amide bonds. The monoisotopic (exact) mass is 768 g/mol. The maximum atomic E-state index is 12.7. The van der Waals surface area contributed by atoms with E-state index in [1.54, 1.807) is 0 Å². The van der Waals surface area contributed by atoms with Crippen molar-refractivity contribution >= 4 is 19.8 Å². The van der Waals surface area contributed by atoms with Crippen LogP contribution in [-0.2, 0) is 32.7 Å². The minimum atomic E-state index is -5.09. The van der Waals surface area contributed by atoms with Crippen LogP contribution in [0.4, 0.5) is 0 Å². The van der Waals surface area contributed by atoms with Crippen LogP contribution in [0.1, 0.15) is 174 Å². The second-order valence-electron chi connectivity index (χ2n) is 14.5. The zero-order chi connectivity index (χ0) is 38.6. The topological polar surface area (TPSA) is 210 Å². The van der Waals surface area contributed by atoms with Crippen LogP contribution in [-0.4, -0.2) is 98.3 Å². The van der Waals surface area contributed by atoms with Gasteiger partial charge in [-0.3, -0.25) is 18.6 Å². The molecule has 0 radical (unpaired) electrons. The van der Waals surface area contributed by atoms with Crippen LogP contribution in [0.5, 0.6) is 0 Å². The molecule has 1 saturated carbocycles. The predicted molar refractivity (Wildman–Crippen MR) is 198 cm³/mol. The van der Waals surface area contributed by atoms with E-state index in [1.807, 2.05) is 0 Å². The largest absolute Gasteiger partial charge is 0.472 e. The third kappa shape index (κ3) is 22.9. The van der Waals surface area contributed by atoms with E-state index < -0.39 is 75.7 Å². The maximum absolute atomic E-state index is 12.7.